The molecule has 1 unspecified atom stereocenters. The van der Waals surface area contributed by atoms with Crippen molar-refractivity contribution >= 4 is 39.9 Å². The van der Waals surface area contributed by atoms with Gasteiger partial charge in [0.05, 0.1) is 6.54 Å². The van der Waals surface area contributed by atoms with Gasteiger partial charge >= 0.3 is 0 Å². The van der Waals surface area contributed by atoms with Gasteiger partial charge in [0, 0.05) is 20.7 Å². The topological polar surface area (TPSA) is 21.3 Å². The Morgan fingerprint density at radius 2 is 2.11 bits per heavy atom. The van der Waals surface area contributed by atoms with Crippen molar-refractivity contribution in [3.8, 4) is 5.75 Å². The summed E-state index contributed by atoms with van der Waals surface area (Å²) < 4.78 is 7.12. The van der Waals surface area contributed by atoms with Crippen LogP contribution in [0.15, 0.2) is 42.5 Å². The first-order chi connectivity index (χ1) is 9.22. The third-order valence-corrected chi connectivity index (χ3v) is 4.33. The number of nitrogens with one attached hydrogen (secondary N) is 1. The summed E-state index contributed by atoms with van der Waals surface area (Å²) in [4.78, 5) is 0. The summed E-state index contributed by atoms with van der Waals surface area (Å²) in [7, 11) is 0. The lowest BCUT2D eigenvalue weighted by Crippen LogP contribution is -2.24. The molecule has 0 aliphatic carbocycles. The second kappa shape index (κ2) is 5.59. The van der Waals surface area contributed by atoms with Gasteiger partial charge in [-0.05, 0) is 58.5 Å². The molecule has 1 N–H and O–H groups in total. The molecule has 2 aromatic rings. The number of hydrogen-bond acceptors (Lipinski definition) is 2. The van der Waals surface area contributed by atoms with E-state index >= 15 is 0 Å². The smallest absolute Gasteiger partial charge is 0.123 e. The molecule has 19 heavy (non-hydrogen) atoms. The molecule has 0 spiro atoms. The maximum atomic E-state index is 5.99. The molecule has 0 amide bonds. The zero-order valence-corrected chi connectivity index (χ0v) is 13.1. The van der Waals surface area contributed by atoms with E-state index in [1.165, 1.54) is 9.13 Å². The predicted octanol–water partition coefficient (Wildman–Crippen LogP) is 4.36. The number of anilines is 1. The molecular formula is C15H13ClINO. The first kappa shape index (κ1) is 13.1. The number of hydrogen-bond donors (Lipinski definition) is 1. The molecule has 1 heterocycles. The number of fused-ring (bicyclic) bond motifs is 1. The van der Waals surface area contributed by atoms with Gasteiger partial charge in [0.2, 0.25) is 0 Å². The van der Waals surface area contributed by atoms with Gasteiger partial charge in [0.25, 0.3) is 0 Å². The third kappa shape index (κ3) is 2.98. The zero-order chi connectivity index (χ0) is 13.2. The van der Waals surface area contributed by atoms with E-state index in [-0.39, 0.29) is 6.10 Å². The highest BCUT2D eigenvalue weighted by Crippen LogP contribution is 2.31. The van der Waals surface area contributed by atoms with E-state index in [2.05, 4.69) is 40.0 Å². The van der Waals surface area contributed by atoms with Crippen molar-refractivity contribution in [3.05, 3.63) is 56.6 Å². The normalized spacial score (nSPS) is 16.8. The highest BCUT2D eigenvalue weighted by atomic mass is 127. The Morgan fingerprint density at radius 3 is 2.95 bits per heavy atom. The molecular weight excluding hydrogens is 373 g/mol. The van der Waals surface area contributed by atoms with Crippen molar-refractivity contribution in [1.82, 2.24) is 0 Å². The lowest BCUT2D eigenvalue weighted by atomic mass is 10.1. The van der Waals surface area contributed by atoms with Gasteiger partial charge in [-0.25, -0.2) is 0 Å². The van der Waals surface area contributed by atoms with E-state index in [1.54, 1.807) is 0 Å². The molecule has 1 atom stereocenters. The first-order valence-corrected chi connectivity index (χ1v) is 7.61. The number of para-hydroxylation sites is 1. The maximum absolute atomic E-state index is 5.99. The van der Waals surface area contributed by atoms with Crippen molar-refractivity contribution in [3.63, 3.8) is 0 Å². The number of halogens is 2. The highest BCUT2D eigenvalue weighted by molar-refractivity contribution is 14.1. The molecule has 0 aromatic heterocycles. The Bertz CT molecular complexity index is 602. The fourth-order valence-electron chi connectivity index (χ4n) is 2.23. The molecule has 0 saturated heterocycles. The third-order valence-electron chi connectivity index (χ3n) is 3.16. The summed E-state index contributed by atoms with van der Waals surface area (Å²) in [5.41, 5.74) is 2.35. The number of benzene rings is 2. The van der Waals surface area contributed by atoms with Gasteiger partial charge in [-0.15, -0.1) is 0 Å². The predicted molar refractivity (Wildman–Crippen MR) is 87.2 cm³/mol. The minimum Gasteiger partial charge on any atom is -0.488 e. The van der Waals surface area contributed by atoms with Crippen LogP contribution >= 0.6 is 34.2 Å². The van der Waals surface area contributed by atoms with Gasteiger partial charge in [0.1, 0.15) is 11.9 Å². The number of rotatable bonds is 3. The van der Waals surface area contributed by atoms with Crippen LogP contribution in [-0.2, 0) is 6.42 Å². The van der Waals surface area contributed by atoms with Crippen molar-refractivity contribution in [2.75, 3.05) is 11.9 Å². The quantitative estimate of drug-likeness (QED) is 0.793. The van der Waals surface area contributed by atoms with Crippen molar-refractivity contribution in [2.45, 2.75) is 12.5 Å². The van der Waals surface area contributed by atoms with Crippen LogP contribution in [0.2, 0.25) is 5.02 Å². The average Bonchev–Trinajstić information content (AvgIpc) is 2.79. The monoisotopic (exact) mass is 385 g/mol. The maximum Gasteiger partial charge on any atom is 0.123 e. The molecule has 98 valence electrons. The molecule has 0 bridgehead atoms. The van der Waals surface area contributed by atoms with Gasteiger partial charge in [0.15, 0.2) is 0 Å². The van der Waals surface area contributed by atoms with E-state index in [9.17, 15) is 0 Å². The molecule has 0 radical (unpaired) electrons. The van der Waals surface area contributed by atoms with Crippen LogP contribution in [0.5, 0.6) is 5.75 Å². The Kier molecular flexibility index (Phi) is 3.84. The van der Waals surface area contributed by atoms with Crippen LogP contribution in [0, 0.1) is 3.57 Å². The van der Waals surface area contributed by atoms with Crippen LogP contribution in [0.25, 0.3) is 0 Å². The Morgan fingerprint density at radius 1 is 1.26 bits per heavy atom. The van der Waals surface area contributed by atoms with Crippen LogP contribution in [0.4, 0.5) is 5.69 Å². The first-order valence-electron chi connectivity index (χ1n) is 6.16. The fraction of sp³-hybridized carbons (Fsp3) is 0.200. The van der Waals surface area contributed by atoms with Gasteiger partial charge < -0.3 is 10.1 Å². The molecule has 2 aromatic carbocycles. The SMILES string of the molecule is Clc1ccc2c(c1)CC(CNc1ccccc1I)O2. The Hall–Kier alpha value is -0.940. The molecule has 1 aliphatic rings. The standard InChI is InChI=1S/C15H13ClINO/c16-11-5-6-15-10(7-11)8-12(19-15)9-18-14-4-2-1-3-13(14)17/h1-7,12,18H,8-9H2. The van der Waals surface area contributed by atoms with Gasteiger partial charge in [-0.2, -0.15) is 0 Å². The van der Waals surface area contributed by atoms with E-state index in [1.807, 2.05) is 30.3 Å². The van der Waals surface area contributed by atoms with E-state index < -0.39 is 0 Å². The summed E-state index contributed by atoms with van der Waals surface area (Å²) in [6, 6.07) is 14.1. The highest BCUT2D eigenvalue weighted by Gasteiger charge is 2.22. The van der Waals surface area contributed by atoms with Crippen LogP contribution in [-0.4, -0.2) is 12.6 Å². The summed E-state index contributed by atoms with van der Waals surface area (Å²) in [6.45, 7) is 0.798. The van der Waals surface area contributed by atoms with E-state index in [0.29, 0.717) is 0 Å². The van der Waals surface area contributed by atoms with E-state index in [4.69, 9.17) is 16.3 Å². The van der Waals surface area contributed by atoms with Crippen molar-refractivity contribution in [2.24, 2.45) is 0 Å². The minimum atomic E-state index is 0.171. The Balaban J connectivity index is 1.63. The minimum absolute atomic E-state index is 0.171. The largest absolute Gasteiger partial charge is 0.488 e. The molecule has 2 nitrogen and oxygen atoms in total. The lowest BCUT2D eigenvalue weighted by Gasteiger charge is -2.13. The number of ether oxygens (including phenoxy) is 1. The molecule has 0 saturated carbocycles. The average molecular weight is 386 g/mol. The summed E-state index contributed by atoms with van der Waals surface area (Å²) in [5.74, 6) is 0.957. The molecule has 1 aliphatic heterocycles. The molecule has 0 fully saturated rings. The zero-order valence-electron chi connectivity index (χ0n) is 10.2. The fourth-order valence-corrected chi connectivity index (χ4v) is 3.00. The van der Waals surface area contributed by atoms with Crippen molar-refractivity contribution in [1.29, 1.82) is 0 Å². The second-order valence-corrected chi connectivity index (χ2v) is 6.16. The molecule has 3 rings (SSSR count). The van der Waals surface area contributed by atoms with Crippen LogP contribution < -0.4 is 10.1 Å². The van der Waals surface area contributed by atoms with Crippen LogP contribution in [0.1, 0.15) is 5.56 Å². The van der Waals surface area contributed by atoms with Gasteiger partial charge in [-0.1, -0.05) is 23.7 Å². The van der Waals surface area contributed by atoms with Gasteiger partial charge in [-0.3, -0.25) is 0 Å². The van der Waals surface area contributed by atoms with Crippen molar-refractivity contribution < 1.29 is 4.74 Å². The summed E-state index contributed by atoms with van der Waals surface area (Å²) in [6.07, 6.45) is 1.08. The summed E-state index contributed by atoms with van der Waals surface area (Å²) in [5, 5.41) is 4.21. The second-order valence-electron chi connectivity index (χ2n) is 4.56. The Labute approximate surface area is 131 Å². The van der Waals surface area contributed by atoms with E-state index in [0.717, 1.165) is 29.4 Å². The lowest BCUT2D eigenvalue weighted by molar-refractivity contribution is 0.246. The summed E-state index contributed by atoms with van der Waals surface area (Å²) >= 11 is 8.32. The van der Waals surface area contributed by atoms with Crippen LogP contribution in [0.3, 0.4) is 0 Å². The molecule has 4 heteroatoms.